The molecule has 3 unspecified atom stereocenters. The summed E-state index contributed by atoms with van der Waals surface area (Å²) in [6.07, 6.45) is 2.98. The van der Waals surface area contributed by atoms with Crippen LogP contribution in [-0.2, 0) is 42.8 Å². The van der Waals surface area contributed by atoms with Crippen LogP contribution in [0.5, 0.6) is 0 Å². The summed E-state index contributed by atoms with van der Waals surface area (Å²) in [5.74, 6) is -1.45. The average molecular weight is 648 g/mol. The third-order valence-electron chi connectivity index (χ3n) is 6.35. The van der Waals surface area contributed by atoms with E-state index in [1.165, 1.54) is 0 Å². The van der Waals surface area contributed by atoms with Gasteiger partial charge in [0.05, 0.1) is 65.1 Å². The van der Waals surface area contributed by atoms with Crippen molar-refractivity contribution >= 4 is 17.7 Å². The van der Waals surface area contributed by atoms with E-state index < -0.39 is 17.6 Å². The molecule has 0 aromatic rings. The number of hydrogen-bond acceptors (Lipinski definition) is 12. The number of ether oxygens (including phenoxy) is 6. The fourth-order valence-corrected chi connectivity index (χ4v) is 3.41. The minimum absolute atomic E-state index is 0.0144. The molecule has 0 aliphatic carbocycles. The van der Waals surface area contributed by atoms with Gasteiger partial charge in [-0.2, -0.15) is 0 Å². The molecule has 0 spiro atoms. The van der Waals surface area contributed by atoms with Crippen LogP contribution in [0.3, 0.4) is 0 Å². The molecule has 0 aromatic heterocycles. The van der Waals surface area contributed by atoms with Crippen molar-refractivity contribution in [3.05, 3.63) is 38.0 Å². The Kier molecular flexibility index (Phi) is 25.9. The zero-order valence-electron chi connectivity index (χ0n) is 26.4. The number of amides is 3. The van der Waals surface area contributed by atoms with E-state index in [2.05, 4.69) is 35.7 Å². The Balaban J connectivity index is 4.82. The summed E-state index contributed by atoms with van der Waals surface area (Å²) in [6.45, 7) is 13.3. The van der Waals surface area contributed by atoms with E-state index in [1.54, 1.807) is 0 Å². The molecule has 0 saturated carbocycles. The number of rotatable bonds is 31. The van der Waals surface area contributed by atoms with Crippen LogP contribution >= 0.6 is 0 Å². The van der Waals surface area contributed by atoms with E-state index in [0.29, 0.717) is 19.3 Å². The van der Waals surface area contributed by atoms with Crippen molar-refractivity contribution in [2.45, 2.75) is 38.4 Å². The highest BCUT2D eigenvalue weighted by atomic mass is 16.5. The first-order valence-electron chi connectivity index (χ1n) is 14.8. The minimum Gasteiger partial charge on any atom is -0.396 e. The highest BCUT2D eigenvalue weighted by Gasteiger charge is 2.30. The topological polar surface area (TPSA) is 203 Å². The van der Waals surface area contributed by atoms with Gasteiger partial charge in [-0.1, -0.05) is 26.7 Å². The lowest BCUT2D eigenvalue weighted by atomic mass is 9.88. The number of nitrogens with one attached hydrogen (secondary N) is 3. The molecule has 0 rings (SSSR count). The van der Waals surface area contributed by atoms with Gasteiger partial charge in [0.25, 0.3) is 0 Å². The zero-order chi connectivity index (χ0) is 33.8. The molecule has 0 aromatic carbocycles. The van der Waals surface area contributed by atoms with Gasteiger partial charge in [-0.15, -0.1) is 0 Å². The van der Waals surface area contributed by atoms with Gasteiger partial charge in [0.2, 0.25) is 17.7 Å². The van der Waals surface area contributed by atoms with Gasteiger partial charge in [-0.3, -0.25) is 14.4 Å². The summed E-state index contributed by atoms with van der Waals surface area (Å²) in [6, 6.07) is 0. The molecule has 45 heavy (non-hydrogen) atoms. The van der Waals surface area contributed by atoms with E-state index in [1.807, 2.05) is 6.92 Å². The fourth-order valence-electron chi connectivity index (χ4n) is 3.41. The summed E-state index contributed by atoms with van der Waals surface area (Å²) in [5.41, 5.74) is -0.578. The summed E-state index contributed by atoms with van der Waals surface area (Å²) >= 11 is 0. The zero-order valence-corrected chi connectivity index (χ0v) is 26.4. The average Bonchev–Trinajstić information content (AvgIpc) is 3.05. The molecule has 3 amide bonds. The number of hydrogen-bond donors (Lipinski definition) is 6. The smallest absolute Gasteiger partial charge is 0.245 e. The maximum atomic E-state index is 11.2. The third-order valence-corrected chi connectivity index (χ3v) is 6.35. The molecule has 0 radical (unpaired) electrons. The minimum atomic E-state index is -0.801. The monoisotopic (exact) mass is 647 g/mol. The van der Waals surface area contributed by atoms with Gasteiger partial charge in [-0.05, 0) is 37.5 Å². The van der Waals surface area contributed by atoms with Crippen LogP contribution in [0.15, 0.2) is 38.0 Å². The second kappa shape index (κ2) is 27.6. The van der Waals surface area contributed by atoms with E-state index in [0.717, 1.165) is 18.2 Å². The maximum Gasteiger partial charge on any atom is 0.245 e. The quantitative estimate of drug-likeness (QED) is 0.0317. The normalized spacial score (nSPS) is 14.4. The summed E-state index contributed by atoms with van der Waals surface area (Å²) in [4.78, 5) is 33.5. The Morgan fingerprint density at radius 2 is 1.04 bits per heavy atom. The molecule has 15 heteroatoms. The lowest BCUT2D eigenvalue weighted by Crippen LogP contribution is -2.38. The van der Waals surface area contributed by atoms with E-state index in [4.69, 9.17) is 28.4 Å². The van der Waals surface area contributed by atoms with Crippen LogP contribution in [0.1, 0.15) is 26.2 Å². The largest absolute Gasteiger partial charge is 0.396 e. The molecular formula is C30H53N3O12. The highest BCUT2D eigenvalue weighted by Crippen LogP contribution is 2.25. The molecule has 260 valence electrons. The van der Waals surface area contributed by atoms with Gasteiger partial charge in [0.1, 0.15) is 20.2 Å². The number of carbonyl (C=O) groups excluding carboxylic acids is 3. The molecule has 0 heterocycles. The molecule has 6 N–H and O–H groups in total. The Hall–Kier alpha value is -2.73. The Morgan fingerprint density at radius 1 is 0.667 bits per heavy atom. The second-order valence-electron chi connectivity index (χ2n) is 10.2. The van der Waals surface area contributed by atoms with E-state index in [9.17, 15) is 29.7 Å². The molecule has 3 atom stereocenters. The molecule has 15 nitrogen and oxygen atoms in total. The first-order valence-corrected chi connectivity index (χ1v) is 14.8. The lowest BCUT2D eigenvalue weighted by Gasteiger charge is -2.33. The van der Waals surface area contributed by atoms with Crippen LogP contribution in [-0.4, -0.2) is 132 Å². The van der Waals surface area contributed by atoms with Crippen molar-refractivity contribution in [1.82, 2.24) is 16.0 Å². The van der Waals surface area contributed by atoms with Crippen molar-refractivity contribution in [1.29, 1.82) is 0 Å². The Bertz CT molecular complexity index is 803. The molecule has 0 aliphatic rings. The van der Waals surface area contributed by atoms with E-state index >= 15 is 0 Å². The predicted molar refractivity (Wildman–Crippen MR) is 164 cm³/mol. The van der Waals surface area contributed by atoms with Gasteiger partial charge >= 0.3 is 0 Å². The highest BCUT2D eigenvalue weighted by molar-refractivity contribution is 5.87. The predicted octanol–water partition coefficient (Wildman–Crippen LogP) is -0.628. The summed E-state index contributed by atoms with van der Waals surface area (Å²) in [7, 11) is 0. The second-order valence-corrected chi connectivity index (χ2v) is 10.2. The number of aliphatic hydroxyl groups excluding tert-OH is 3. The van der Waals surface area contributed by atoms with Gasteiger partial charge in [0, 0.05) is 24.5 Å². The molecule has 0 saturated heterocycles. The maximum absolute atomic E-state index is 11.2. The lowest BCUT2D eigenvalue weighted by molar-refractivity contribution is -0.119. The fraction of sp³-hybridized carbons (Fsp3) is 0.700. The van der Waals surface area contributed by atoms with Crippen molar-refractivity contribution in [3.63, 3.8) is 0 Å². The Morgan fingerprint density at radius 3 is 1.42 bits per heavy atom. The van der Waals surface area contributed by atoms with Crippen LogP contribution < -0.4 is 16.0 Å². The van der Waals surface area contributed by atoms with Gasteiger partial charge in [0.15, 0.2) is 0 Å². The number of carbonyl (C=O) groups is 3. The molecular weight excluding hydrogens is 594 g/mol. The summed E-state index contributed by atoms with van der Waals surface area (Å²) in [5, 5.41) is 37.4. The van der Waals surface area contributed by atoms with Gasteiger partial charge < -0.3 is 59.7 Å². The van der Waals surface area contributed by atoms with E-state index in [-0.39, 0.29) is 110 Å². The van der Waals surface area contributed by atoms with Crippen LogP contribution in [0.25, 0.3) is 0 Å². The first-order chi connectivity index (χ1) is 21.6. The molecule has 0 fully saturated rings. The van der Waals surface area contributed by atoms with Crippen molar-refractivity contribution in [2.75, 3.05) is 86.3 Å². The van der Waals surface area contributed by atoms with Crippen molar-refractivity contribution in [2.24, 2.45) is 11.3 Å². The standard InChI is InChI=1S/C30H53N3O12/c1-5-27(37)31-21-43-15-24(13-34)14-42-20-30(8-4,18-40-11-9-25(35)16-44-22-32-28(38)6-2)19-41-12-10-26(36)17-45-23-33-29(39)7-3/h5-7,24-26,34-36H,1-3,8-23H2,4H3,(H,31,37)(H,32,38)(H,33,39). The molecule has 0 bridgehead atoms. The van der Waals surface area contributed by atoms with Gasteiger partial charge in [-0.25, -0.2) is 0 Å². The van der Waals surface area contributed by atoms with Crippen molar-refractivity contribution in [3.8, 4) is 0 Å². The Labute approximate surface area is 265 Å². The van der Waals surface area contributed by atoms with Crippen molar-refractivity contribution < 1.29 is 58.1 Å². The summed E-state index contributed by atoms with van der Waals surface area (Å²) < 4.78 is 33.6. The number of aliphatic hydroxyl groups is 3. The molecule has 0 aliphatic heterocycles. The third kappa shape index (κ3) is 23.3. The van der Waals surface area contributed by atoms with Crippen LogP contribution in [0.2, 0.25) is 0 Å². The SMILES string of the molecule is C=CC(=O)NCOCC(O)CCOCC(CC)(COCCC(O)COCNC(=O)C=C)COCC(CO)COCNC(=O)C=C. The van der Waals surface area contributed by atoms with Crippen LogP contribution in [0, 0.1) is 11.3 Å². The first kappa shape index (κ1) is 42.3. The van der Waals surface area contributed by atoms with Crippen LogP contribution in [0.4, 0.5) is 0 Å².